The first-order chi connectivity index (χ1) is 14.5. The molecular formula is C19H18N6O3S2. The monoisotopic (exact) mass is 442 g/mol. The zero-order valence-electron chi connectivity index (χ0n) is 15.8. The zero-order chi connectivity index (χ0) is 20.7. The van der Waals surface area contributed by atoms with Gasteiger partial charge >= 0.3 is 0 Å². The summed E-state index contributed by atoms with van der Waals surface area (Å²) in [6.07, 6.45) is 2.81. The molecule has 3 aromatic heterocycles. The molecular weight excluding hydrogens is 424 g/mol. The van der Waals surface area contributed by atoms with Crippen LogP contribution in [0.2, 0.25) is 0 Å². The Morgan fingerprint density at radius 3 is 2.73 bits per heavy atom. The summed E-state index contributed by atoms with van der Waals surface area (Å²) in [6.45, 7) is 1.09. The lowest BCUT2D eigenvalue weighted by Crippen LogP contribution is -2.35. The molecule has 2 N–H and O–H groups in total. The number of benzene rings is 1. The van der Waals surface area contributed by atoms with Gasteiger partial charge in [-0.2, -0.15) is 9.29 Å². The number of carbonyl (C=O) groups is 1. The number of hydrogen-bond donors (Lipinski definition) is 2. The Balaban J connectivity index is 1.50. The second-order valence-electron chi connectivity index (χ2n) is 7.06. The van der Waals surface area contributed by atoms with Gasteiger partial charge in [0.1, 0.15) is 5.52 Å². The van der Waals surface area contributed by atoms with Crippen molar-refractivity contribution in [1.29, 1.82) is 0 Å². The number of aromatic nitrogens is 4. The van der Waals surface area contributed by atoms with Gasteiger partial charge in [0, 0.05) is 24.0 Å². The van der Waals surface area contributed by atoms with E-state index in [4.69, 9.17) is 0 Å². The molecule has 1 saturated heterocycles. The van der Waals surface area contributed by atoms with Gasteiger partial charge in [-0.25, -0.2) is 8.42 Å². The third-order valence-electron chi connectivity index (χ3n) is 5.11. The number of anilines is 1. The Kier molecular flexibility index (Phi) is 4.72. The second-order valence-corrected chi connectivity index (χ2v) is 9.95. The van der Waals surface area contributed by atoms with Crippen LogP contribution in [0.25, 0.3) is 22.1 Å². The van der Waals surface area contributed by atoms with Gasteiger partial charge in [-0.05, 0) is 42.5 Å². The first kappa shape index (κ1) is 19.1. The highest BCUT2D eigenvalue weighted by Gasteiger charge is 2.26. The van der Waals surface area contributed by atoms with Crippen LogP contribution in [0, 0.1) is 0 Å². The van der Waals surface area contributed by atoms with Crippen LogP contribution < -0.4 is 5.32 Å². The molecule has 154 valence electrons. The number of rotatable bonds is 4. The van der Waals surface area contributed by atoms with Crippen LogP contribution >= 0.6 is 11.3 Å². The Bertz CT molecular complexity index is 1340. The van der Waals surface area contributed by atoms with Crippen molar-refractivity contribution in [3.63, 3.8) is 0 Å². The normalized spacial score (nSPS) is 15.6. The number of aromatic amines is 1. The van der Waals surface area contributed by atoms with Crippen molar-refractivity contribution in [3.8, 4) is 0 Å². The number of sulfonamides is 1. The number of fused-ring (bicyclic) bond motifs is 3. The van der Waals surface area contributed by atoms with Gasteiger partial charge in [0.2, 0.25) is 10.0 Å². The van der Waals surface area contributed by atoms with Crippen LogP contribution in [-0.4, -0.2) is 51.9 Å². The Morgan fingerprint density at radius 2 is 1.97 bits per heavy atom. The molecule has 0 spiro atoms. The van der Waals surface area contributed by atoms with Crippen LogP contribution in [-0.2, 0) is 10.0 Å². The van der Waals surface area contributed by atoms with Crippen molar-refractivity contribution in [2.75, 3.05) is 18.4 Å². The molecule has 1 aliphatic rings. The van der Waals surface area contributed by atoms with Crippen molar-refractivity contribution in [2.24, 2.45) is 0 Å². The van der Waals surface area contributed by atoms with Gasteiger partial charge in [0.15, 0.2) is 5.65 Å². The number of hydrogen-bond acceptors (Lipinski definition) is 7. The standard InChI is InChI=1S/C19H18N6O3S2/c26-18(15-5-4-10-29-15)22-19-21-17-16(23-24-19)13-11-12(6-7-14(13)20-17)30(27,28)25-8-2-1-3-9-25/h4-7,10-11H,1-3,8-9H2,(H2,20,21,22,24,26). The van der Waals surface area contributed by atoms with E-state index in [0.29, 0.717) is 40.0 Å². The molecule has 0 atom stereocenters. The largest absolute Gasteiger partial charge is 0.338 e. The molecule has 4 aromatic rings. The molecule has 0 radical (unpaired) electrons. The van der Waals surface area contributed by atoms with E-state index in [2.05, 4.69) is 25.5 Å². The number of piperidine rings is 1. The van der Waals surface area contributed by atoms with Gasteiger partial charge in [0.05, 0.1) is 9.77 Å². The lowest BCUT2D eigenvalue weighted by atomic mass is 10.2. The van der Waals surface area contributed by atoms with Crippen molar-refractivity contribution >= 4 is 55.3 Å². The number of carbonyl (C=O) groups excluding carboxylic acids is 1. The van der Waals surface area contributed by atoms with Crippen LogP contribution in [0.4, 0.5) is 5.95 Å². The zero-order valence-corrected chi connectivity index (χ0v) is 17.5. The number of nitrogens with zero attached hydrogens (tertiary/aromatic N) is 4. The summed E-state index contributed by atoms with van der Waals surface area (Å²) < 4.78 is 27.5. The highest BCUT2D eigenvalue weighted by molar-refractivity contribution is 7.89. The minimum atomic E-state index is -3.55. The quantitative estimate of drug-likeness (QED) is 0.501. The Hall–Kier alpha value is -2.89. The summed E-state index contributed by atoms with van der Waals surface area (Å²) in [5.41, 5.74) is 1.58. The third-order valence-corrected chi connectivity index (χ3v) is 7.87. The maximum atomic E-state index is 13.0. The van der Waals surface area contributed by atoms with E-state index in [0.717, 1.165) is 19.3 Å². The molecule has 0 bridgehead atoms. The first-order valence-corrected chi connectivity index (χ1v) is 11.9. The summed E-state index contributed by atoms with van der Waals surface area (Å²) in [5, 5.41) is 13.2. The molecule has 1 amide bonds. The molecule has 5 rings (SSSR count). The molecule has 4 heterocycles. The van der Waals surface area contributed by atoms with Crippen molar-refractivity contribution < 1.29 is 13.2 Å². The predicted octanol–water partition coefficient (Wildman–Crippen LogP) is 2.99. The van der Waals surface area contributed by atoms with Crippen LogP contribution in [0.5, 0.6) is 0 Å². The van der Waals surface area contributed by atoms with E-state index >= 15 is 0 Å². The SMILES string of the molecule is O=C(Nc1nnc2c(n1)[nH]c1ccc(S(=O)(=O)N3CCCCC3)cc12)c1cccs1. The summed E-state index contributed by atoms with van der Waals surface area (Å²) in [7, 11) is -3.55. The Labute approximate surface area is 176 Å². The summed E-state index contributed by atoms with van der Waals surface area (Å²) in [5.74, 6) is -0.231. The van der Waals surface area contributed by atoms with Gasteiger partial charge in [0.25, 0.3) is 11.9 Å². The molecule has 0 unspecified atom stereocenters. The lowest BCUT2D eigenvalue weighted by molar-refractivity contribution is 0.102. The molecule has 30 heavy (non-hydrogen) atoms. The molecule has 11 heteroatoms. The summed E-state index contributed by atoms with van der Waals surface area (Å²) in [4.78, 5) is 20.4. The van der Waals surface area contributed by atoms with Gasteiger partial charge < -0.3 is 4.98 Å². The first-order valence-electron chi connectivity index (χ1n) is 9.53. The van der Waals surface area contributed by atoms with E-state index in [9.17, 15) is 13.2 Å². The highest BCUT2D eigenvalue weighted by Crippen LogP contribution is 2.28. The van der Waals surface area contributed by atoms with Crippen molar-refractivity contribution in [2.45, 2.75) is 24.2 Å². The van der Waals surface area contributed by atoms with E-state index in [1.807, 2.05) is 5.38 Å². The maximum absolute atomic E-state index is 13.0. The van der Waals surface area contributed by atoms with Crippen LogP contribution in [0.15, 0.2) is 40.6 Å². The average molecular weight is 443 g/mol. The van der Waals surface area contributed by atoms with E-state index in [1.54, 1.807) is 30.3 Å². The molecule has 0 aliphatic carbocycles. The number of thiophene rings is 1. The van der Waals surface area contributed by atoms with Crippen molar-refractivity contribution in [1.82, 2.24) is 24.5 Å². The number of H-pyrrole nitrogens is 1. The molecule has 1 aliphatic heterocycles. The predicted molar refractivity (Wildman–Crippen MR) is 114 cm³/mol. The fourth-order valence-corrected chi connectivity index (χ4v) is 5.75. The van der Waals surface area contributed by atoms with E-state index in [1.165, 1.54) is 15.6 Å². The topological polar surface area (TPSA) is 121 Å². The number of nitrogens with one attached hydrogen (secondary N) is 2. The third kappa shape index (κ3) is 3.34. The van der Waals surface area contributed by atoms with Gasteiger partial charge in [-0.1, -0.05) is 12.5 Å². The van der Waals surface area contributed by atoms with E-state index in [-0.39, 0.29) is 16.8 Å². The fraction of sp³-hybridized carbons (Fsp3) is 0.263. The lowest BCUT2D eigenvalue weighted by Gasteiger charge is -2.25. The highest BCUT2D eigenvalue weighted by atomic mass is 32.2. The summed E-state index contributed by atoms with van der Waals surface area (Å²) >= 11 is 1.32. The average Bonchev–Trinajstić information content (AvgIpc) is 3.41. The Morgan fingerprint density at radius 1 is 1.13 bits per heavy atom. The molecule has 1 fully saturated rings. The van der Waals surface area contributed by atoms with Gasteiger partial charge in [-0.3, -0.25) is 10.1 Å². The maximum Gasteiger partial charge on any atom is 0.268 e. The molecule has 9 nitrogen and oxygen atoms in total. The van der Waals surface area contributed by atoms with Crippen LogP contribution in [0.3, 0.4) is 0 Å². The molecule has 0 saturated carbocycles. The fourth-order valence-electron chi connectivity index (χ4n) is 3.59. The van der Waals surface area contributed by atoms with Crippen LogP contribution in [0.1, 0.15) is 28.9 Å². The minimum Gasteiger partial charge on any atom is -0.338 e. The van der Waals surface area contributed by atoms with Gasteiger partial charge in [-0.15, -0.1) is 21.5 Å². The smallest absolute Gasteiger partial charge is 0.268 e. The van der Waals surface area contributed by atoms with Crippen molar-refractivity contribution in [3.05, 3.63) is 40.6 Å². The van der Waals surface area contributed by atoms with E-state index < -0.39 is 10.0 Å². The molecule has 1 aromatic carbocycles. The number of amides is 1. The minimum absolute atomic E-state index is 0.0774. The summed E-state index contributed by atoms with van der Waals surface area (Å²) in [6, 6.07) is 8.40. The second kappa shape index (κ2) is 7.42.